The van der Waals surface area contributed by atoms with Crippen LogP contribution in [0, 0.1) is 5.92 Å². The van der Waals surface area contributed by atoms with Crippen molar-refractivity contribution in [1.82, 2.24) is 10.6 Å². The Labute approximate surface area is 127 Å². The van der Waals surface area contributed by atoms with Gasteiger partial charge in [-0.1, -0.05) is 18.2 Å². The summed E-state index contributed by atoms with van der Waals surface area (Å²) >= 11 is 0. The summed E-state index contributed by atoms with van der Waals surface area (Å²) in [4.78, 5) is 12.2. The molecule has 0 radical (unpaired) electrons. The number of nitrogens with one attached hydrogen (secondary N) is 2. The van der Waals surface area contributed by atoms with Gasteiger partial charge in [-0.25, -0.2) is 0 Å². The molecule has 2 fully saturated rings. The van der Waals surface area contributed by atoms with E-state index in [9.17, 15) is 18.0 Å². The zero-order valence-electron chi connectivity index (χ0n) is 12.1. The van der Waals surface area contributed by atoms with Gasteiger partial charge in [0.15, 0.2) is 0 Å². The summed E-state index contributed by atoms with van der Waals surface area (Å²) < 4.78 is 38.2. The van der Waals surface area contributed by atoms with E-state index in [4.69, 9.17) is 0 Å². The average molecular weight is 312 g/mol. The predicted octanol–water partition coefficient (Wildman–Crippen LogP) is 2.68. The highest BCUT2D eigenvalue weighted by molar-refractivity contribution is 5.83. The van der Waals surface area contributed by atoms with E-state index in [-0.39, 0.29) is 23.8 Å². The molecule has 1 heterocycles. The van der Waals surface area contributed by atoms with E-state index in [2.05, 4.69) is 10.6 Å². The summed E-state index contributed by atoms with van der Waals surface area (Å²) in [5.74, 6) is -0.305. The summed E-state index contributed by atoms with van der Waals surface area (Å²) in [6.07, 6.45) is -1.71. The van der Waals surface area contributed by atoms with Gasteiger partial charge in [-0.15, -0.1) is 0 Å². The Kier molecular flexibility index (Phi) is 4.12. The Morgan fingerprint density at radius 1 is 1.32 bits per heavy atom. The molecule has 0 bridgehead atoms. The molecule has 2 unspecified atom stereocenters. The number of benzene rings is 1. The largest absolute Gasteiger partial charge is 0.416 e. The summed E-state index contributed by atoms with van der Waals surface area (Å²) in [5.41, 5.74) is -0.0377. The van der Waals surface area contributed by atoms with Gasteiger partial charge < -0.3 is 10.6 Å². The summed E-state index contributed by atoms with van der Waals surface area (Å²) in [6, 6.07) is 5.46. The highest BCUT2D eigenvalue weighted by Gasteiger charge is 2.45. The number of hydrogen-bond acceptors (Lipinski definition) is 2. The van der Waals surface area contributed by atoms with Gasteiger partial charge in [0.1, 0.15) is 0 Å². The van der Waals surface area contributed by atoms with Gasteiger partial charge in [0.25, 0.3) is 0 Å². The van der Waals surface area contributed by atoms with Crippen molar-refractivity contribution in [3.8, 4) is 0 Å². The van der Waals surface area contributed by atoms with Gasteiger partial charge in [-0.05, 0) is 43.4 Å². The summed E-state index contributed by atoms with van der Waals surface area (Å²) in [7, 11) is 0. The van der Waals surface area contributed by atoms with Crippen molar-refractivity contribution in [2.75, 3.05) is 13.1 Å². The molecule has 1 saturated carbocycles. The number of rotatable bonds is 3. The molecule has 3 nitrogen and oxygen atoms in total. The molecule has 3 atom stereocenters. The Bertz CT molecular complexity index is 553. The molecular formula is C16H19F3N2O. The number of piperidine rings is 1. The molecule has 2 aliphatic rings. The summed E-state index contributed by atoms with van der Waals surface area (Å²) in [5, 5.41) is 6.23. The maximum atomic E-state index is 12.7. The van der Waals surface area contributed by atoms with Crippen molar-refractivity contribution in [3.63, 3.8) is 0 Å². The van der Waals surface area contributed by atoms with Gasteiger partial charge in [-0.3, -0.25) is 4.79 Å². The van der Waals surface area contributed by atoms with Crippen LogP contribution in [0.1, 0.15) is 36.3 Å². The molecule has 0 spiro atoms. The topological polar surface area (TPSA) is 41.1 Å². The lowest BCUT2D eigenvalue weighted by Gasteiger charge is -2.23. The molecule has 1 aromatic rings. The van der Waals surface area contributed by atoms with Crippen LogP contribution in [-0.2, 0) is 11.0 Å². The number of alkyl halides is 3. The molecule has 1 saturated heterocycles. The quantitative estimate of drug-likeness (QED) is 0.901. The van der Waals surface area contributed by atoms with Gasteiger partial charge >= 0.3 is 6.18 Å². The number of amides is 1. The lowest BCUT2D eigenvalue weighted by molar-refractivity contribution is -0.137. The smallest absolute Gasteiger partial charge is 0.352 e. The minimum atomic E-state index is -4.34. The molecular weight excluding hydrogens is 293 g/mol. The molecule has 0 aromatic heterocycles. The van der Waals surface area contributed by atoms with E-state index in [1.807, 2.05) is 0 Å². The minimum absolute atomic E-state index is 0.0314. The van der Waals surface area contributed by atoms with Crippen molar-refractivity contribution in [2.24, 2.45) is 5.92 Å². The first kappa shape index (κ1) is 15.3. The van der Waals surface area contributed by atoms with Crippen LogP contribution in [0.3, 0.4) is 0 Å². The zero-order chi connectivity index (χ0) is 15.7. The average Bonchev–Trinajstić information content (AvgIpc) is 3.28. The fraction of sp³-hybridized carbons (Fsp3) is 0.562. The molecule has 1 amide bonds. The van der Waals surface area contributed by atoms with E-state index in [1.165, 1.54) is 12.1 Å². The lowest BCUT2D eigenvalue weighted by Crippen LogP contribution is -2.46. The van der Waals surface area contributed by atoms with Crippen molar-refractivity contribution < 1.29 is 18.0 Å². The van der Waals surface area contributed by atoms with E-state index in [1.54, 1.807) is 6.07 Å². The Morgan fingerprint density at radius 3 is 2.82 bits per heavy atom. The van der Waals surface area contributed by atoms with Crippen LogP contribution in [0.5, 0.6) is 0 Å². The van der Waals surface area contributed by atoms with Gasteiger partial charge in [0.05, 0.1) is 5.56 Å². The molecule has 1 aliphatic carbocycles. The first-order chi connectivity index (χ1) is 10.4. The lowest BCUT2D eigenvalue weighted by atomic mass is 10.0. The maximum Gasteiger partial charge on any atom is 0.416 e. The highest BCUT2D eigenvalue weighted by atomic mass is 19.4. The Hall–Kier alpha value is -1.56. The van der Waals surface area contributed by atoms with Crippen LogP contribution in [-0.4, -0.2) is 25.0 Å². The predicted molar refractivity (Wildman–Crippen MR) is 76.3 cm³/mol. The minimum Gasteiger partial charge on any atom is -0.352 e. The SMILES string of the molecule is O=C(N[C@H]1CCCNC1)C1CC1c1cccc(C(F)(F)F)c1. The van der Waals surface area contributed by atoms with Crippen LogP contribution in [0.4, 0.5) is 13.2 Å². The first-order valence-corrected chi connectivity index (χ1v) is 7.63. The van der Waals surface area contributed by atoms with Crippen molar-refractivity contribution in [1.29, 1.82) is 0 Å². The van der Waals surface area contributed by atoms with Crippen LogP contribution >= 0.6 is 0 Å². The third-order valence-corrected chi connectivity index (χ3v) is 4.41. The van der Waals surface area contributed by atoms with E-state index in [0.29, 0.717) is 12.0 Å². The fourth-order valence-corrected chi connectivity index (χ4v) is 3.08. The van der Waals surface area contributed by atoms with Crippen molar-refractivity contribution >= 4 is 5.91 Å². The van der Waals surface area contributed by atoms with E-state index in [0.717, 1.165) is 32.0 Å². The van der Waals surface area contributed by atoms with Gasteiger partial charge in [-0.2, -0.15) is 13.2 Å². The summed E-state index contributed by atoms with van der Waals surface area (Å²) in [6.45, 7) is 1.75. The highest BCUT2D eigenvalue weighted by Crippen LogP contribution is 2.48. The molecule has 22 heavy (non-hydrogen) atoms. The van der Waals surface area contributed by atoms with E-state index < -0.39 is 11.7 Å². The fourth-order valence-electron chi connectivity index (χ4n) is 3.08. The molecule has 1 aromatic carbocycles. The van der Waals surface area contributed by atoms with Crippen molar-refractivity contribution in [2.45, 2.75) is 37.4 Å². The zero-order valence-corrected chi connectivity index (χ0v) is 12.1. The Morgan fingerprint density at radius 2 is 2.14 bits per heavy atom. The third kappa shape index (κ3) is 3.43. The Balaban J connectivity index is 1.60. The molecule has 3 rings (SSSR count). The maximum absolute atomic E-state index is 12.7. The number of hydrogen-bond donors (Lipinski definition) is 2. The van der Waals surface area contributed by atoms with Crippen molar-refractivity contribution in [3.05, 3.63) is 35.4 Å². The molecule has 1 aliphatic heterocycles. The molecule has 2 N–H and O–H groups in total. The second kappa shape index (κ2) is 5.91. The number of halogens is 3. The number of carbonyl (C=O) groups excluding carboxylic acids is 1. The normalized spacial score (nSPS) is 28.2. The van der Waals surface area contributed by atoms with Crippen LogP contribution < -0.4 is 10.6 Å². The second-order valence-corrected chi connectivity index (χ2v) is 6.12. The second-order valence-electron chi connectivity index (χ2n) is 6.12. The monoisotopic (exact) mass is 312 g/mol. The third-order valence-electron chi connectivity index (χ3n) is 4.41. The van der Waals surface area contributed by atoms with Gasteiger partial charge in [0.2, 0.25) is 5.91 Å². The van der Waals surface area contributed by atoms with Crippen LogP contribution in [0.2, 0.25) is 0 Å². The van der Waals surface area contributed by atoms with Crippen LogP contribution in [0.15, 0.2) is 24.3 Å². The number of carbonyl (C=O) groups is 1. The molecule has 6 heteroatoms. The van der Waals surface area contributed by atoms with E-state index >= 15 is 0 Å². The van der Waals surface area contributed by atoms with Crippen LogP contribution in [0.25, 0.3) is 0 Å². The molecule has 120 valence electrons. The standard InChI is InChI=1S/C16H19F3N2O/c17-16(18,19)11-4-1-3-10(7-11)13-8-14(13)15(22)21-12-5-2-6-20-9-12/h1,3-4,7,12-14,20H,2,5-6,8-9H2,(H,21,22)/t12-,13?,14?/m0/s1. The van der Waals surface area contributed by atoms with Gasteiger partial charge in [0, 0.05) is 18.5 Å². The first-order valence-electron chi connectivity index (χ1n) is 7.63.